The van der Waals surface area contributed by atoms with E-state index in [-0.39, 0.29) is 12.3 Å². The molecule has 2 unspecified atom stereocenters. The lowest BCUT2D eigenvalue weighted by molar-refractivity contribution is 0.409. The molecule has 60 heavy (non-hydrogen) atoms. The summed E-state index contributed by atoms with van der Waals surface area (Å²) in [6.07, 6.45) is 0.992. The summed E-state index contributed by atoms with van der Waals surface area (Å²) in [5.41, 5.74) is 11.4. The summed E-state index contributed by atoms with van der Waals surface area (Å²) in [7, 11) is 0. The Labute approximate surface area is 348 Å². The number of benzene rings is 9. The fourth-order valence-corrected chi connectivity index (χ4v) is 8.92. The first-order valence-electron chi connectivity index (χ1n) is 20.4. The van der Waals surface area contributed by atoms with Crippen molar-refractivity contribution in [2.45, 2.75) is 12.3 Å². The van der Waals surface area contributed by atoms with Gasteiger partial charge in [0, 0.05) is 50.6 Å². The molecule has 6 nitrogen and oxygen atoms in total. The number of fused-ring (bicyclic) bond motifs is 7. The maximum Gasteiger partial charge on any atom is 0.131 e. The van der Waals surface area contributed by atoms with E-state index in [1.165, 1.54) is 38.9 Å². The van der Waals surface area contributed by atoms with E-state index < -0.39 is 0 Å². The van der Waals surface area contributed by atoms with Crippen LogP contribution in [0, 0.1) is 5.41 Å². The smallest absolute Gasteiger partial charge is 0.131 e. The van der Waals surface area contributed by atoms with Gasteiger partial charge in [0.2, 0.25) is 0 Å². The molecule has 4 N–H and O–H groups in total. The van der Waals surface area contributed by atoms with Gasteiger partial charge in [-0.05, 0) is 86.9 Å². The highest BCUT2D eigenvalue weighted by molar-refractivity contribution is 6.31. The number of aliphatic imine (C=N–C) groups is 1. The molecule has 1 aromatic heterocycles. The van der Waals surface area contributed by atoms with Crippen LogP contribution in [0.1, 0.15) is 34.6 Å². The van der Waals surface area contributed by atoms with Crippen LogP contribution in [0.15, 0.2) is 205 Å². The van der Waals surface area contributed by atoms with Gasteiger partial charge in [0.15, 0.2) is 0 Å². The molecule has 1 aliphatic heterocycles. The van der Waals surface area contributed by atoms with Crippen molar-refractivity contribution in [1.82, 2.24) is 15.2 Å². The van der Waals surface area contributed by atoms with Crippen molar-refractivity contribution in [2.24, 2.45) is 4.99 Å². The first-order valence-corrected chi connectivity index (χ1v) is 20.4. The van der Waals surface area contributed by atoms with Crippen LogP contribution in [-0.2, 0) is 0 Å². The van der Waals surface area contributed by atoms with E-state index in [4.69, 9.17) is 10.4 Å². The molecule has 0 bridgehead atoms. The lowest BCUT2D eigenvalue weighted by Gasteiger charge is -2.32. The summed E-state index contributed by atoms with van der Waals surface area (Å²) in [6, 6.07) is 70.5. The molecule has 9 aromatic carbocycles. The summed E-state index contributed by atoms with van der Waals surface area (Å²) >= 11 is 0. The zero-order valence-electron chi connectivity index (χ0n) is 32.7. The molecule has 2 heterocycles. The third-order valence-corrected chi connectivity index (χ3v) is 11.7. The second-order valence-electron chi connectivity index (χ2n) is 15.3. The summed E-state index contributed by atoms with van der Waals surface area (Å²) in [6.45, 7) is 0. The average molecular weight is 773 g/mol. The quantitative estimate of drug-likeness (QED) is 0.0917. The number of aromatic nitrogens is 1. The SMILES string of the molecule is N=Cc1cc2c3c4c(ccc3n(-c3cccc(C5NC(c6ccccc6)=NC(c6ccccc6)N5)c3)c2cc1Nc1ccccc1)c(-c1ccccc1)cc1ccccc14. The van der Waals surface area contributed by atoms with E-state index in [1.807, 2.05) is 30.3 Å². The molecule has 0 radical (unpaired) electrons. The van der Waals surface area contributed by atoms with Gasteiger partial charge in [-0.2, -0.15) is 0 Å². The molecule has 6 heteroatoms. The predicted octanol–water partition coefficient (Wildman–Crippen LogP) is 12.8. The fraction of sp³-hybridized carbons (Fsp3) is 0.0370. The Morgan fingerprint density at radius 2 is 1.23 bits per heavy atom. The van der Waals surface area contributed by atoms with Gasteiger partial charge in [0.05, 0.1) is 11.0 Å². The maximum atomic E-state index is 8.65. The number of hydrogen-bond donors (Lipinski definition) is 4. The molecular formula is C54H40N6. The van der Waals surface area contributed by atoms with Crippen LogP contribution >= 0.6 is 0 Å². The van der Waals surface area contributed by atoms with Crippen LogP contribution in [0.3, 0.4) is 0 Å². The van der Waals surface area contributed by atoms with E-state index in [0.29, 0.717) is 0 Å². The normalized spacial score (nSPS) is 15.2. The Bertz CT molecular complexity index is 3250. The molecule has 11 rings (SSSR count). The highest BCUT2D eigenvalue weighted by Crippen LogP contribution is 2.45. The average Bonchev–Trinajstić information content (AvgIpc) is 3.65. The van der Waals surface area contributed by atoms with Gasteiger partial charge in [-0.25, -0.2) is 4.99 Å². The van der Waals surface area contributed by atoms with Gasteiger partial charge < -0.3 is 20.6 Å². The number of hydrogen-bond acceptors (Lipinski definition) is 5. The molecule has 1 aliphatic rings. The van der Waals surface area contributed by atoms with Crippen molar-refractivity contribution < 1.29 is 0 Å². The Morgan fingerprint density at radius 3 is 2.00 bits per heavy atom. The largest absolute Gasteiger partial charge is 0.355 e. The summed E-state index contributed by atoms with van der Waals surface area (Å²) in [5.74, 6) is 0.846. The minimum absolute atomic E-state index is 0.228. The number of para-hydroxylation sites is 1. The maximum absolute atomic E-state index is 8.65. The predicted molar refractivity (Wildman–Crippen MR) is 250 cm³/mol. The zero-order chi connectivity index (χ0) is 40.0. The second kappa shape index (κ2) is 14.9. The number of amidine groups is 1. The van der Waals surface area contributed by atoms with Crippen LogP contribution in [0.4, 0.5) is 11.4 Å². The summed E-state index contributed by atoms with van der Waals surface area (Å²) in [5, 5.41) is 26.9. The first kappa shape index (κ1) is 35.4. The van der Waals surface area contributed by atoms with E-state index in [9.17, 15) is 0 Å². The zero-order valence-corrected chi connectivity index (χ0v) is 32.7. The van der Waals surface area contributed by atoms with Gasteiger partial charge >= 0.3 is 0 Å². The van der Waals surface area contributed by atoms with Crippen molar-refractivity contribution in [3.63, 3.8) is 0 Å². The molecule has 286 valence electrons. The minimum Gasteiger partial charge on any atom is -0.355 e. The molecule has 2 atom stereocenters. The number of nitrogens with one attached hydrogen (secondary N) is 4. The highest BCUT2D eigenvalue weighted by atomic mass is 15.3. The van der Waals surface area contributed by atoms with Gasteiger partial charge in [-0.1, -0.05) is 152 Å². The van der Waals surface area contributed by atoms with Crippen LogP contribution in [0.2, 0.25) is 0 Å². The Hall–Kier alpha value is -7.80. The Balaban J connectivity index is 1.16. The molecule has 0 amide bonds. The van der Waals surface area contributed by atoms with E-state index >= 15 is 0 Å². The molecule has 0 aliphatic carbocycles. The summed E-state index contributed by atoms with van der Waals surface area (Å²) < 4.78 is 2.39. The van der Waals surface area contributed by atoms with Gasteiger partial charge in [0.25, 0.3) is 0 Å². The van der Waals surface area contributed by atoms with Crippen LogP contribution in [0.5, 0.6) is 0 Å². The monoisotopic (exact) mass is 772 g/mol. The number of rotatable bonds is 8. The Morgan fingerprint density at radius 1 is 0.550 bits per heavy atom. The van der Waals surface area contributed by atoms with Crippen LogP contribution < -0.4 is 16.0 Å². The van der Waals surface area contributed by atoms with Gasteiger partial charge in [-0.15, -0.1) is 0 Å². The van der Waals surface area contributed by atoms with Gasteiger partial charge in [-0.3, -0.25) is 5.32 Å². The van der Waals surface area contributed by atoms with Crippen molar-refractivity contribution >= 4 is 66.8 Å². The molecule has 0 fully saturated rings. The van der Waals surface area contributed by atoms with E-state index in [2.05, 4.69) is 190 Å². The van der Waals surface area contributed by atoms with Crippen molar-refractivity contribution in [1.29, 1.82) is 5.41 Å². The first-order chi connectivity index (χ1) is 29.7. The standard InChI is InChI=1S/C54H40N6/c55-34-40-32-46-49(33-47(40)56-41-24-11-4-12-25-41)60(48-29-28-44-45(35-16-5-1-6-17-35)31-38-22-13-14-27-43(38)50(44)51(46)48)42-26-15-23-39(30-42)54-58-52(36-18-7-2-8-19-36)57-53(59-54)37-20-9-3-10-21-37/h1-34,52,54-56,58H,(H,57,59). The lowest BCUT2D eigenvalue weighted by atomic mass is 9.91. The van der Waals surface area contributed by atoms with E-state index in [1.54, 1.807) is 0 Å². The van der Waals surface area contributed by atoms with Crippen molar-refractivity contribution in [3.8, 4) is 16.8 Å². The van der Waals surface area contributed by atoms with Crippen molar-refractivity contribution in [2.75, 3.05) is 5.32 Å². The summed E-state index contributed by atoms with van der Waals surface area (Å²) in [4.78, 5) is 5.16. The third-order valence-electron chi connectivity index (χ3n) is 11.7. The fourth-order valence-electron chi connectivity index (χ4n) is 8.92. The third kappa shape index (κ3) is 6.18. The van der Waals surface area contributed by atoms with E-state index in [0.717, 1.165) is 67.0 Å². The molecule has 0 spiro atoms. The molecule has 10 aromatic rings. The van der Waals surface area contributed by atoms with Crippen LogP contribution in [-0.4, -0.2) is 16.6 Å². The molecule has 0 saturated heterocycles. The van der Waals surface area contributed by atoms with Crippen molar-refractivity contribution in [3.05, 3.63) is 222 Å². The highest BCUT2D eigenvalue weighted by Gasteiger charge is 2.26. The second-order valence-corrected chi connectivity index (χ2v) is 15.3. The van der Waals surface area contributed by atoms with Gasteiger partial charge in [0.1, 0.15) is 18.2 Å². The Kier molecular flexibility index (Phi) is 8.76. The number of nitrogens with zero attached hydrogens (tertiary/aromatic N) is 2. The molecular weight excluding hydrogens is 733 g/mol. The minimum atomic E-state index is -0.242. The number of anilines is 2. The lowest BCUT2D eigenvalue weighted by Crippen LogP contribution is -2.45. The topological polar surface area (TPSA) is 77.2 Å². The molecule has 0 saturated carbocycles. The van der Waals surface area contributed by atoms with Crippen LogP contribution in [0.25, 0.3) is 60.2 Å².